The van der Waals surface area contributed by atoms with E-state index in [0.29, 0.717) is 34.3 Å². The number of anilines is 4. The molecule has 0 aromatic heterocycles. The van der Waals surface area contributed by atoms with E-state index in [0.717, 1.165) is 61.1 Å². The minimum Gasteiger partial charge on any atom is -0.368 e. The first-order valence-corrected chi connectivity index (χ1v) is 14.2. The quantitative estimate of drug-likeness (QED) is 0.189. The number of aliphatic imine (C=N–C) groups is 2. The van der Waals surface area contributed by atoms with E-state index in [-0.39, 0.29) is 5.91 Å². The molecule has 42 heavy (non-hydrogen) atoms. The van der Waals surface area contributed by atoms with Gasteiger partial charge in [0.05, 0.1) is 13.1 Å². The molecule has 0 bridgehead atoms. The van der Waals surface area contributed by atoms with E-state index in [1.165, 1.54) is 0 Å². The van der Waals surface area contributed by atoms with Gasteiger partial charge in [0.2, 0.25) is 0 Å². The Morgan fingerprint density at radius 3 is 1.76 bits per heavy atom. The Kier molecular flexibility index (Phi) is 9.24. The second-order valence-corrected chi connectivity index (χ2v) is 10.1. The van der Waals surface area contributed by atoms with Gasteiger partial charge in [0, 0.05) is 59.1 Å². The first kappa shape index (κ1) is 28.6. The van der Waals surface area contributed by atoms with Crippen LogP contribution in [0.15, 0.2) is 76.7 Å². The summed E-state index contributed by atoms with van der Waals surface area (Å²) in [5.41, 5.74) is 4.74. The number of nitrogens with one attached hydrogen (secondary N) is 7. The van der Waals surface area contributed by atoms with Gasteiger partial charge >= 0.3 is 6.03 Å². The zero-order chi connectivity index (χ0) is 29.3. The van der Waals surface area contributed by atoms with Gasteiger partial charge in [0.1, 0.15) is 11.7 Å². The van der Waals surface area contributed by atoms with Gasteiger partial charge in [-0.05, 0) is 85.4 Å². The minimum absolute atomic E-state index is 0.249. The zero-order valence-corrected chi connectivity index (χ0v) is 24.0. The van der Waals surface area contributed by atoms with Crippen LogP contribution in [0.1, 0.15) is 34.8 Å². The number of nitrogens with zero attached hydrogens (tertiary/aromatic N) is 2. The number of amides is 3. The van der Waals surface area contributed by atoms with E-state index in [9.17, 15) is 9.59 Å². The van der Waals surface area contributed by atoms with Crippen molar-refractivity contribution in [3.8, 4) is 0 Å². The molecule has 0 atom stereocenters. The van der Waals surface area contributed by atoms with Crippen molar-refractivity contribution in [1.82, 2.24) is 16.0 Å². The Bertz CT molecular complexity index is 1420. The van der Waals surface area contributed by atoms with Crippen molar-refractivity contribution in [2.75, 3.05) is 54.0 Å². The molecule has 0 radical (unpaired) electrons. The highest BCUT2D eigenvalue weighted by atomic mass is 32.1. The van der Waals surface area contributed by atoms with Crippen molar-refractivity contribution < 1.29 is 9.59 Å². The lowest BCUT2D eigenvalue weighted by Gasteiger charge is -2.15. The van der Waals surface area contributed by atoms with Crippen LogP contribution in [-0.2, 0) is 0 Å². The Morgan fingerprint density at radius 2 is 1.24 bits per heavy atom. The van der Waals surface area contributed by atoms with Gasteiger partial charge in [-0.15, -0.1) is 0 Å². The van der Waals surface area contributed by atoms with Crippen LogP contribution < -0.4 is 37.2 Å². The lowest BCUT2D eigenvalue weighted by molar-refractivity contribution is 0.0953. The second-order valence-electron chi connectivity index (χ2n) is 9.68. The molecule has 3 aromatic rings. The number of amidine groups is 2. The summed E-state index contributed by atoms with van der Waals surface area (Å²) in [7, 11) is 0. The normalized spacial score (nSPS) is 13.6. The fourth-order valence-corrected chi connectivity index (χ4v) is 4.67. The highest BCUT2D eigenvalue weighted by molar-refractivity contribution is 7.80. The molecule has 216 valence electrons. The second kappa shape index (κ2) is 13.6. The number of hydrogen-bond donors (Lipinski definition) is 7. The van der Waals surface area contributed by atoms with Crippen LogP contribution >= 0.6 is 12.2 Å². The average Bonchev–Trinajstić information content (AvgIpc) is 3.72. The number of rotatable bonds is 9. The lowest BCUT2D eigenvalue weighted by Crippen LogP contribution is -2.25. The van der Waals surface area contributed by atoms with Gasteiger partial charge in [-0.2, -0.15) is 0 Å². The predicted molar refractivity (Wildman–Crippen MR) is 173 cm³/mol. The topological polar surface area (TPSA) is 143 Å². The fraction of sp³-hybridized carbons (Fsp3) is 0.233. The van der Waals surface area contributed by atoms with Crippen LogP contribution in [0.3, 0.4) is 0 Å². The van der Waals surface area contributed by atoms with Gasteiger partial charge < -0.3 is 37.2 Å². The van der Waals surface area contributed by atoms with Crippen LogP contribution in [0.2, 0.25) is 0 Å². The van der Waals surface area contributed by atoms with E-state index in [4.69, 9.17) is 12.2 Å². The van der Waals surface area contributed by atoms with Gasteiger partial charge in [0.25, 0.3) is 5.91 Å². The molecule has 0 unspecified atom stereocenters. The number of carbonyl (C=O) groups excluding carboxylic acids is 2. The Balaban J connectivity index is 1.25. The average molecular weight is 584 g/mol. The summed E-state index contributed by atoms with van der Waals surface area (Å²) in [6.45, 7) is 5.72. The number of carbonyl (C=O) groups is 2. The van der Waals surface area contributed by atoms with Crippen LogP contribution in [0, 0.1) is 0 Å². The highest BCUT2D eigenvalue weighted by Gasteiger charge is 2.13. The largest absolute Gasteiger partial charge is 0.368 e. The molecule has 11 nitrogen and oxygen atoms in total. The molecule has 7 N–H and O–H groups in total. The molecular formula is C30H33N9O2S. The standard InChI is InChI=1S/C30H33N9O2S/c1-2-11-35-28(40)21-16-24(37-29(41)36-22-7-3-19(4-8-22)26-31-12-13-32-26)18-25(17-21)39-30(42)38-23-9-5-20(6-10-23)27-33-14-15-34-27/h3-10,16-18H,2,11-15H2,1H3,(H,31,32)(H,33,34)(H,35,40)(H2,36,37,41)(H2,38,39,42). The maximum absolute atomic E-state index is 12.8. The maximum atomic E-state index is 12.8. The summed E-state index contributed by atoms with van der Waals surface area (Å²) in [5.74, 6) is 1.49. The monoisotopic (exact) mass is 583 g/mol. The van der Waals surface area contributed by atoms with Crippen molar-refractivity contribution in [3.05, 3.63) is 83.4 Å². The Hall–Kier alpha value is -4.97. The van der Waals surface area contributed by atoms with Crippen LogP contribution in [0.4, 0.5) is 27.5 Å². The van der Waals surface area contributed by atoms with Crippen molar-refractivity contribution >= 4 is 63.7 Å². The maximum Gasteiger partial charge on any atom is 0.323 e. The molecule has 12 heteroatoms. The number of benzene rings is 3. The molecule has 5 rings (SSSR count). The molecule has 0 aliphatic carbocycles. The zero-order valence-electron chi connectivity index (χ0n) is 23.2. The van der Waals surface area contributed by atoms with E-state index in [1.807, 2.05) is 55.5 Å². The molecule has 0 saturated heterocycles. The molecule has 0 saturated carbocycles. The molecular weight excluding hydrogens is 550 g/mol. The summed E-state index contributed by atoms with van der Waals surface area (Å²) in [5, 5.41) is 21.6. The molecule has 0 fully saturated rings. The third kappa shape index (κ3) is 7.61. The Labute approximate surface area is 249 Å². The van der Waals surface area contributed by atoms with Gasteiger partial charge in [-0.3, -0.25) is 14.8 Å². The van der Waals surface area contributed by atoms with Crippen LogP contribution in [0.5, 0.6) is 0 Å². The van der Waals surface area contributed by atoms with Crippen LogP contribution in [-0.4, -0.2) is 61.4 Å². The van der Waals surface area contributed by atoms with E-state index in [1.54, 1.807) is 18.2 Å². The summed E-state index contributed by atoms with van der Waals surface area (Å²) >= 11 is 5.53. The van der Waals surface area contributed by atoms with Crippen molar-refractivity contribution in [2.45, 2.75) is 13.3 Å². The van der Waals surface area contributed by atoms with Crippen molar-refractivity contribution in [3.63, 3.8) is 0 Å². The van der Waals surface area contributed by atoms with Crippen molar-refractivity contribution in [2.24, 2.45) is 9.98 Å². The minimum atomic E-state index is -0.446. The Morgan fingerprint density at radius 1 is 0.738 bits per heavy atom. The van der Waals surface area contributed by atoms with E-state index >= 15 is 0 Å². The third-order valence-electron chi connectivity index (χ3n) is 6.43. The molecule has 3 amide bonds. The van der Waals surface area contributed by atoms with Crippen LogP contribution in [0.25, 0.3) is 0 Å². The molecule has 2 aliphatic rings. The van der Waals surface area contributed by atoms with Crippen molar-refractivity contribution in [1.29, 1.82) is 0 Å². The number of hydrogen-bond acceptors (Lipinski definition) is 7. The highest BCUT2D eigenvalue weighted by Crippen LogP contribution is 2.21. The molecule has 3 aromatic carbocycles. The predicted octanol–water partition coefficient (Wildman–Crippen LogP) is 3.98. The van der Waals surface area contributed by atoms with E-state index < -0.39 is 6.03 Å². The van der Waals surface area contributed by atoms with Gasteiger partial charge in [-0.1, -0.05) is 6.92 Å². The number of thiocarbonyl (C=S) groups is 1. The molecule has 2 aliphatic heterocycles. The summed E-state index contributed by atoms with van der Waals surface area (Å²) in [4.78, 5) is 34.5. The SMILES string of the molecule is CCCNC(=O)c1cc(NC(=O)Nc2ccc(C3=NCCN3)cc2)cc(NC(=S)Nc2ccc(C3=NCCN3)cc2)c1. The van der Waals surface area contributed by atoms with Gasteiger partial charge in [0.15, 0.2) is 5.11 Å². The lowest BCUT2D eigenvalue weighted by atomic mass is 10.1. The summed E-state index contributed by atoms with van der Waals surface area (Å²) in [6, 6.07) is 19.8. The molecule has 0 spiro atoms. The first-order chi connectivity index (χ1) is 20.5. The van der Waals surface area contributed by atoms with E-state index in [2.05, 4.69) is 47.2 Å². The summed E-state index contributed by atoms with van der Waals surface area (Å²) < 4.78 is 0. The summed E-state index contributed by atoms with van der Waals surface area (Å²) in [6.07, 6.45) is 0.801. The smallest absolute Gasteiger partial charge is 0.323 e. The fourth-order valence-electron chi connectivity index (χ4n) is 4.44. The van der Waals surface area contributed by atoms with Gasteiger partial charge in [-0.25, -0.2) is 4.79 Å². The molecule has 2 heterocycles. The third-order valence-corrected chi connectivity index (χ3v) is 6.63. The first-order valence-electron chi connectivity index (χ1n) is 13.8. The number of urea groups is 1.